The first-order valence-corrected chi connectivity index (χ1v) is 8.76. The summed E-state index contributed by atoms with van der Waals surface area (Å²) in [6, 6.07) is 13.6. The Bertz CT molecular complexity index is 935. The molecule has 6 nitrogen and oxygen atoms in total. The van der Waals surface area contributed by atoms with Crippen molar-refractivity contribution in [2.45, 2.75) is 27.3 Å². The van der Waals surface area contributed by atoms with Crippen LogP contribution in [0.25, 0.3) is 11.5 Å². The van der Waals surface area contributed by atoms with E-state index in [1.807, 2.05) is 57.2 Å². The standard InChI is InChI=1S/C21H23N3O3/c1-14-10-15(2)16(3)18(11-14)26-13-20(25)24(4)12-19-22-23-21(27-19)17-8-6-5-7-9-17/h5-11H,12-13H2,1-4H3. The number of likely N-dealkylation sites (N-methyl/N-ethyl adjacent to an activating group) is 1. The SMILES string of the molecule is Cc1cc(C)c(C)c(OCC(=O)N(C)Cc2nnc(-c3ccccc3)o2)c1. The van der Waals surface area contributed by atoms with Crippen molar-refractivity contribution in [3.8, 4) is 17.2 Å². The second-order valence-electron chi connectivity index (χ2n) is 6.61. The van der Waals surface area contributed by atoms with Crippen LogP contribution in [0.1, 0.15) is 22.6 Å². The van der Waals surface area contributed by atoms with Crippen molar-refractivity contribution in [2.75, 3.05) is 13.7 Å². The Balaban J connectivity index is 1.59. The van der Waals surface area contributed by atoms with Gasteiger partial charge in [0, 0.05) is 12.6 Å². The lowest BCUT2D eigenvalue weighted by Crippen LogP contribution is -2.31. The van der Waals surface area contributed by atoms with Crippen molar-refractivity contribution in [1.29, 1.82) is 0 Å². The maximum Gasteiger partial charge on any atom is 0.260 e. The van der Waals surface area contributed by atoms with Crippen molar-refractivity contribution >= 4 is 5.91 Å². The Morgan fingerprint density at radius 2 is 1.85 bits per heavy atom. The lowest BCUT2D eigenvalue weighted by Gasteiger charge is -2.17. The Kier molecular flexibility index (Phi) is 5.54. The molecule has 0 unspecified atom stereocenters. The van der Waals surface area contributed by atoms with Gasteiger partial charge < -0.3 is 14.1 Å². The highest BCUT2D eigenvalue weighted by Gasteiger charge is 2.16. The summed E-state index contributed by atoms with van der Waals surface area (Å²) in [4.78, 5) is 13.9. The van der Waals surface area contributed by atoms with Gasteiger partial charge in [0.2, 0.25) is 11.8 Å². The van der Waals surface area contributed by atoms with Crippen LogP contribution in [0.3, 0.4) is 0 Å². The number of ether oxygens (including phenoxy) is 1. The number of hydrogen-bond donors (Lipinski definition) is 0. The van der Waals surface area contributed by atoms with Crippen LogP contribution in [0.5, 0.6) is 5.75 Å². The largest absolute Gasteiger partial charge is 0.483 e. The molecule has 0 saturated heterocycles. The van der Waals surface area contributed by atoms with Crippen molar-refractivity contribution in [1.82, 2.24) is 15.1 Å². The van der Waals surface area contributed by atoms with Crippen LogP contribution in [0.15, 0.2) is 46.9 Å². The third kappa shape index (κ3) is 4.53. The quantitative estimate of drug-likeness (QED) is 0.666. The molecule has 0 saturated carbocycles. The van der Waals surface area contributed by atoms with Crippen LogP contribution in [-0.2, 0) is 11.3 Å². The van der Waals surface area contributed by atoms with Crippen LogP contribution >= 0.6 is 0 Å². The Hall–Kier alpha value is -3.15. The zero-order valence-corrected chi connectivity index (χ0v) is 16.0. The molecule has 0 bridgehead atoms. The van der Waals surface area contributed by atoms with Gasteiger partial charge in [0.15, 0.2) is 6.61 Å². The Morgan fingerprint density at radius 1 is 1.11 bits per heavy atom. The van der Waals surface area contributed by atoms with E-state index in [1.54, 1.807) is 7.05 Å². The van der Waals surface area contributed by atoms with Gasteiger partial charge in [-0.15, -0.1) is 10.2 Å². The van der Waals surface area contributed by atoms with Gasteiger partial charge in [-0.25, -0.2) is 0 Å². The summed E-state index contributed by atoms with van der Waals surface area (Å²) in [5, 5.41) is 8.06. The molecule has 0 atom stereocenters. The number of nitrogens with zero attached hydrogens (tertiary/aromatic N) is 3. The van der Waals surface area contributed by atoms with Gasteiger partial charge in [-0.05, 0) is 55.7 Å². The van der Waals surface area contributed by atoms with Crippen LogP contribution < -0.4 is 4.74 Å². The molecule has 0 N–H and O–H groups in total. The molecule has 0 aliphatic rings. The fourth-order valence-electron chi connectivity index (χ4n) is 2.71. The fraction of sp³-hybridized carbons (Fsp3) is 0.286. The van der Waals surface area contributed by atoms with Gasteiger partial charge in [-0.2, -0.15) is 0 Å². The van der Waals surface area contributed by atoms with Crippen LogP contribution in [0.4, 0.5) is 0 Å². The summed E-state index contributed by atoms with van der Waals surface area (Å²) in [5.74, 6) is 1.40. The Morgan fingerprint density at radius 3 is 2.59 bits per heavy atom. The molecule has 1 heterocycles. The lowest BCUT2D eigenvalue weighted by molar-refractivity contribution is -0.132. The molecule has 0 radical (unpaired) electrons. The van der Waals surface area contributed by atoms with Crippen molar-refractivity contribution in [3.63, 3.8) is 0 Å². The van der Waals surface area contributed by atoms with Gasteiger partial charge in [-0.3, -0.25) is 4.79 Å². The van der Waals surface area contributed by atoms with Gasteiger partial charge >= 0.3 is 0 Å². The number of hydrogen-bond acceptors (Lipinski definition) is 5. The summed E-state index contributed by atoms with van der Waals surface area (Å²) in [6.45, 7) is 6.21. The third-order valence-electron chi connectivity index (χ3n) is 4.40. The average Bonchev–Trinajstić information content (AvgIpc) is 3.12. The number of rotatable bonds is 6. The highest BCUT2D eigenvalue weighted by Crippen LogP contribution is 2.23. The van der Waals surface area contributed by atoms with E-state index in [0.717, 1.165) is 28.0 Å². The molecular formula is C21H23N3O3. The molecule has 0 aliphatic heterocycles. The molecule has 0 spiro atoms. The number of benzene rings is 2. The summed E-state index contributed by atoms with van der Waals surface area (Å²) in [6.07, 6.45) is 0. The minimum absolute atomic E-state index is 0.0418. The first-order chi connectivity index (χ1) is 12.9. The molecule has 6 heteroatoms. The monoisotopic (exact) mass is 365 g/mol. The number of carbonyl (C=O) groups excluding carboxylic acids is 1. The van der Waals surface area contributed by atoms with Crippen LogP contribution in [-0.4, -0.2) is 34.7 Å². The van der Waals surface area contributed by atoms with E-state index in [-0.39, 0.29) is 19.1 Å². The molecule has 0 aliphatic carbocycles. The molecule has 1 aromatic heterocycles. The minimum Gasteiger partial charge on any atom is -0.483 e. The third-order valence-corrected chi connectivity index (χ3v) is 4.40. The first-order valence-electron chi connectivity index (χ1n) is 8.76. The van der Waals surface area contributed by atoms with E-state index >= 15 is 0 Å². The van der Waals surface area contributed by atoms with Gasteiger partial charge in [-0.1, -0.05) is 24.3 Å². The second-order valence-corrected chi connectivity index (χ2v) is 6.61. The molecule has 27 heavy (non-hydrogen) atoms. The van der Waals surface area contributed by atoms with Crippen molar-refractivity contribution in [3.05, 3.63) is 65.0 Å². The summed E-state index contributed by atoms with van der Waals surface area (Å²) in [7, 11) is 1.69. The van der Waals surface area contributed by atoms with Crippen molar-refractivity contribution in [2.24, 2.45) is 0 Å². The zero-order chi connectivity index (χ0) is 19.4. The average molecular weight is 365 g/mol. The number of aryl methyl sites for hydroxylation is 2. The van der Waals surface area contributed by atoms with Gasteiger partial charge in [0.1, 0.15) is 5.75 Å². The highest BCUT2D eigenvalue weighted by atomic mass is 16.5. The van der Waals surface area contributed by atoms with E-state index in [1.165, 1.54) is 4.90 Å². The van der Waals surface area contributed by atoms with Crippen LogP contribution in [0.2, 0.25) is 0 Å². The molecule has 140 valence electrons. The lowest BCUT2D eigenvalue weighted by atomic mass is 10.1. The summed E-state index contributed by atoms with van der Waals surface area (Å²) in [5.41, 5.74) is 4.14. The number of carbonyl (C=O) groups is 1. The highest BCUT2D eigenvalue weighted by molar-refractivity contribution is 5.77. The normalized spacial score (nSPS) is 10.7. The van der Waals surface area contributed by atoms with E-state index in [0.29, 0.717) is 11.8 Å². The topological polar surface area (TPSA) is 68.5 Å². The van der Waals surface area contributed by atoms with E-state index in [2.05, 4.69) is 16.3 Å². The maximum absolute atomic E-state index is 12.4. The number of amides is 1. The Labute approximate surface area is 158 Å². The van der Waals surface area contributed by atoms with E-state index < -0.39 is 0 Å². The number of aromatic nitrogens is 2. The molecule has 0 fully saturated rings. The minimum atomic E-state index is -0.159. The molecule has 3 aromatic rings. The predicted molar refractivity (Wildman–Crippen MR) is 102 cm³/mol. The second kappa shape index (κ2) is 8.03. The maximum atomic E-state index is 12.4. The fourth-order valence-corrected chi connectivity index (χ4v) is 2.71. The first kappa shape index (κ1) is 18.6. The van der Waals surface area contributed by atoms with Crippen LogP contribution in [0, 0.1) is 20.8 Å². The van der Waals surface area contributed by atoms with E-state index in [4.69, 9.17) is 9.15 Å². The molecule has 3 rings (SSSR count). The van der Waals surface area contributed by atoms with Gasteiger partial charge in [0.25, 0.3) is 5.91 Å². The summed E-state index contributed by atoms with van der Waals surface area (Å²) < 4.78 is 11.4. The van der Waals surface area contributed by atoms with Gasteiger partial charge in [0.05, 0.1) is 6.54 Å². The predicted octanol–water partition coefficient (Wildman–Crippen LogP) is 3.70. The summed E-state index contributed by atoms with van der Waals surface area (Å²) >= 11 is 0. The zero-order valence-electron chi connectivity index (χ0n) is 16.0. The van der Waals surface area contributed by atoms with Crippen molar-refractivity contribution < 1.29 is 13.9 Å². The smallest absolute Gasteiger partial charge is 0.260 e. The molecule has 2 aromatic carbocycles. The molecular weight excluding hydrogens is 342 g/mol. The van der Waals surface area contributed by atoms with E-state index in [9.17, 15) is 4.79 Å². The molecule has 1 amide bonds.